The molecule has 4 atom stereocenters. The summed E-state index contributed by atoms with van der Waals surface area (Å²) in [6, 6.07) is 5.62. The number of amides is 1. The molecule has 1 aliphatic heterocycles. The highest BCUT2D eigenvalue weighted by Crippen LogP contribution is 2.35. The van der Waals surface area contributed by atoms with E-state index in [1.54, 1.807) is 31.1 Å². The van der Waals surface area contributed by atoms with Crippen LogP contribution < -0.4 is 10.6 Å². The van der Waals surface area contributed by atoms with Crippen molar-refractivity contribution in [2.75, 3.05) is 32.7 Å². The number of rotatable bonds is 6. The zero-order valence-electron chi connectivity index (χ0n) is 20.2. The van der Waals surface area contributed by atoms with Crippen LogP contribution in [0.2, 0.25) is 0 Å². The van der Waals surface area contributed by atoms with Gasteiger partial charge in [0.05, 0.1) is 42.8 Å². The standard InChI is InChI=1S/C25H29N7O4/c1-26-22-10-18(29-24-15(11-28-32(22)24)25(34)30-17-5-6-21(17)35-2)16-12-31(19-7-9-36-13-20(19)33)23-14(16)4-3-8-27-23/h3-4,8,10-12,17,19-21,26,33H,5-7,9,13H2,1-2H3,(H,30,34)/t17-,19-,20-,21-/m1/s1. The van der Waals surface area contributed by atoms with E-state index in [0.717, 1.165) is 29.4 Å². The molecule has 36 heavy (non-hydrogen) atoms. The molecule has 6 rings (SSSR count). The number of methoxy groups -OCH3 is 1. The van der Waals surface area contributed by atoms with E-state index in [4.69, 9.17) is 14.5 Å². The number of nitrogens with zero attached hydrogens (tertiary/aromatic N) is 5. The molecular formula is C25H29N7O4. The second-order valence-corrected chi connectivity index (χ2v) is 9.32. The lowest BCUT2D eigenvalue weighted by Gasteiger charge is -2.35. The number of fused-ring (bicyclic) bond motifs is 2. The van der Waals surface area contributed by atoms with Gasteiger partial charge in [-0.1, -0.05) is 0 Å². The predicted molar refractivity (Wildman–Crippen MR) is 133 cm³/mol. The third kappa shape index (κ3) is 3.71. The van der Waals surface area contributed by atoms with Gasteiger partial charge in [-0.2, -0.15) is 9.61 Å². The summed E-state index contributed by atoms with van der Waals surface area (Å²) in [5.41, 5.74) is 3.17. The Balaban J connectivity index is 1.45. The highest BCUT2D eigenvalue weighted by molar-refractivity contribution is 6.01. The first-order valence-corrected chi connectivity index (χ1v) is 12.2. The van der Waals surface area contributed by atoms with E-state index >= 15 is 0 Å². The Morgan fingerprint density at radius 3 is 2.92 bits per heavy atom. The van der Waals surface area contributed by atoms with Gasteiger partial charge >= 0.3 is 0 Å². The molecule has 0 spiro atoms. The van der Waals surface area contributed by atoms with Crippen LogP contribution in [-0.4, -0.2) is 80.8 Å². The number of hydrogen-bond acceptors (Lipinski definition) is 8. The topological polar surface area (TPSA) is 128 Å². The highest BCUT2D eigenvalue weighted by Gasteiger charge is 2.33. The molecule has 1 aliphatic carbocycles. The largest absolute Gasteiger partial charge is 0.389 e. The Bertz CT molecular complexity index is 1430. The summed E-state index contributed by atoms with van der Waals surface area (Å²) in [5.74, 6) is 0.473. The van der Waals surface area contributed by atoms with Crippen LogP contribution in [0.15, 0.2) is 36.8 Å². The first-order chi connectivity index (χ1) is 17.6. The zero-order chi connectivity index (χ0) is 24.8. The summed E-state index contributed by atoms with van der Waals surface area (Å²) >= 11 is 0. The molecule has 1 saturated heterocycles. The quantitative estimate of drug-likeness (QED) is 0.374. The summed E-state index contributed by atoms with van der Waals surface area (Å²) in [6.45, 7) is 0.872. The minimum atomic E-state index is -0.625. The summed E-state index contributed by atoms with van der Waals surface area (Å²) in [4.78, 5) is 22.7. The molecule has 2 aliphatic rings. The Labute approximate surface area is 207 Å². The molecule has 2 fully saturated rings. The van der Waals surface area contributed by atoms with Crippen molar-refractivity contribution in [3.63, 3.8) is 0 Å². The van der Waals surface area contributed by atoms with Crippen molar-refractivity contribution >= 4 is 28.4 Å². The highest BCUT2D eigenvalue weighted by atomic mass is 16.5. The average Bonchev–Trinajstić information content (AvgIpc) is 3.49. The first kappa shape index (κ1) is 22.9. The maximum absolute atomic E-state index is 13.2. The van der Waals surface area contributed by atoms with Gasteiger partial charge in [-0.3, -0.25) is 4.79 Å². The molecule has 4 aromatic heterocycles. The van der Waals surface area contributed by atoms with Gasteiger partial charge in [-0.05, 0) is 31.4 Å². The summed E-state index contributed by atoms with van der Waals surface area (Å²) in [7, 11) is 3.47. The lowest BCUT2D eigenvalue weighted by Crippen LogP contribution is -2.51. The molecule has 0 aromatic carbocycles. The molecule has 5 heterocycles. The van der Waals surface area contributed by atoms with Crippen LogP contribution in [0, 0.1) is 0 Å². The van der Waals surface area contributed by atoms with Crippen LogP contribution in [0.4, 0.5) is 5.82 Å². The van der Waals surface area contributed by atoms with Crippen molar-refractivity contribution in [3.8, 4) is 11.3 Å². The Morgan fingerprint density at radius 1 is 1.28 bits per heavy atom. The van der Waals surface area contributed by atoms with Crippen LogP contribution in [0.3, 0.4) is 0 Å². The first-order valence-electron chi connectivity index (χ1n) is 12.2. The monoisotopic (exact) mass is 491 g/mol. The molecule has 11 heteroatoms. The number of carbonyl (C=O) groups excluding carboxylic acids is 1. The van der Waals surface area contributed by atoms with Gasteiger partial charge in [0, 0.05) is 50.2 Å². The van der Waals surface area contributed by atoms with Crippen LogP contribution in [0.5, 0.6) is 0 Å². The van der Waals surface area contributed by atoms with Gasteiger partial charge in [0.2, 0.25) is 0 Å². The number of aromatic nitrogens is 5. The second-order valence-electron chi connectivity index (χ2n) is 9.32. The number of pyridine rings is 1. The number of ether oxygens (including phenoxy) is 2. The van der Waals surface area contributed by atoms with Gasteiger partial charge in [0.1, 0.15) is 17.0 Å². The van der Waals surface area contributed by atoms with Crippen LogP contribution in [0.1, 0.15) is 35.7 Å². The molecular weight excluding hydrogens is 462 g/mol. The second kappa shape index (κ2) is 9.16. The van der Waals surface area contributed by atoms with E-state index < -0.39 is 6.10 Å². The van der Waals surface area contributed by atoms with Crippen molar-refractivity contribution in [2.45, 2.75) is 43.6 Å². The molecule has 0 bridgehead atoms. The number of nitrogens with one attached hydrogen (secondary N) is 2. The Kier molecular flexibility index (Phi) is 5.82. The summed E-state index contributed by atoms with van der Waals surface area (Å²) in [6.07, 6.45) is 7.19. The fourth-order valence-corrected chi connectivity index (χ4v) is 5.18. The third-order valence-electron chi connectivity index (χ3n) is 7.32. The minimum Gasteiger partial charge on any atom is -0.389 e. The number of aliphatic hydroxyl groups excluding tert-OH is 1. The Hall–Kier alpha value is -3.54. The maximum atomic E-state index is 13.2. The van der Waals surface area contributed by atoms with E-state index in [1.807, 2.05) is 29.0 Å². The maximum Gasteiger partial charge on any atom is 0.257 e. The van der Waals surface area contributed by atoms with Crippen molar-refractivity contribution < 1.29 is 19.4 Å². The van der Waals surface area contributed by atoms with Crippen LogP contribution in [0.25, 0.3) is 27.9 Å². The van der Waals surface area contributed by atoms with E-state index in [-0.39, 0.29) is 24.1 Å². The van der Waals surface area contributed by atoms with E-state index in [2.05, 4.69) is 20.7 Å². The molecule has 11 nitrogen and oxygen atoms in total. The van der Waals surface area contributed by atoms with E-state index in [9.17, 15) is 9.90 Å². The number of hydrogen-bond donors (Lipinski definition) is 3. The van der Waals surface area contributed by atoms with Gasteiger partial charge in [0.15, 0.2) is 5.65 Å². The molecule has 1 saturated carbocycles. The van der Waals surface area contributed by atoms with Crippen molar-refractivity contribution in [1.82, 2.24) is 29.5 Å². The predicted octanol–water partition coefficient (Wildman–Crippen LogP) is 2.02. The average molecular weight is 492 g/mol. The van der Waals surface area contributed by atoms with E-state index in [0.29, 0.717) is 42.4 Å². The fourth-order valence-electron chi connectivity index (χ4n) is 5.18. The number of carbonyl (C=O) groups is 1. The number of aliphatic hydroxyl groups is 1. The normalized spacial score (nSPS) is 24.1. The fraction of sp³-hybridized carbons (Fsp3) is 0.440. The van der Waals surface area contributed by atoms with Gasteiger partial charge in [-0.25, -0.2) is 9.97 Å². The van der Waals surface area contributed by atoms with Crippen molar-refractivity contribution in [2.24, 2.45) is 0 Å². The van der Waals surface area contributed by atoms with Crippen LogP contribution >= 0.6 is 0 Å². The summed E-state index contributed by atoms with van der Waals surface area (Å²) < 4.78 is 14.5. The van der Waals surface area contributed by atoms with E-state index in [1.165, 1.54) is 0 Å². The van der Waals surface area contributed by atoms with Gasteiger partial charge in [-0.15, -0.1) is 0 Å². The van der Waals surface area contributed by atoms with Gasteiger partial charge < -0.3 is 29.8 Å². The zero-order valence-corrected chi connectivity index (χ0v) is 20.2. The smallest absolute Gasteiger partial charge is 0.257 e. The summed E-state index contributed by atoms with van der Waals surface area (Å²) in [5, 5.41) is 22.2. The SMILES string of the molecule is CNc1cc(-c2cn([C@@H]3CCOC[C@H]3O)c3ncccc23)nc2c(C(=O)N[C@@H]3CC[C@H]3OC)cnn12. The van der Waals surface area contributed by atoms with Crippen LogP contribution in [-0.2, 0) is 9.47 Å². The molecule has 3 N–H and O–H groups in total. The Morgan fingerprint density at radius 2 is 2.17 bits per heavy atom. The molecule has 4 aromatic rings. The molecule has 0 radical (unpaired) electrons. The van der Waals surface area contributed by atoms with Crippen molar-refractivity contribution in [3.05, 3.63) is 42.4 Å². The van der Waals surface area contributed by atoms with Gasteiger partial charge in [0.25, 0.3) is 5.91 Å². The molecule has 188 valence electrons. The molecule has 0 unspecified atom stereocenters. The third-order valence-corrected chi connectivity index (χ3v) is 7.32. The lowest BCUT2D eigenvalue weighted by molar-refractivity contribution is -0.0375. The lowest BCUT2D eigenvalue weighted by atomic mass is 9.89. The number of anilines is 1. The minimum absolute atomic E-state index is 0.0145. The molecule has 1 amide bonds. The van der Waals surface area contributed by atoms with Crippen molar-refractivity contribution in [1.29, 1.82) is 0 Å².